The molecule has 1 heterocycles. The van der Waals surface area contributed by atoms with E-state index in [-0.39, 0.29) is 0 Å². The lowest BCUT2D eigenvalue weighted by Crippen LogP contribution is -2.06. The highest BCUT2D eigenvalue weighted by molar-refractivity contribution is 7.15. The van der Waals surface area contributed by atoms with Crippen LogP contribution in [0.1, 0.15) is 30.6 Å². The van der Waals surface area contributed by atoms with Crippen molar-refractivity contribution in [1.82, 2.24) is 4.98 Å². The summed E-state index contributed by atoms with van der Waals surface area (Å²) in [6.07, 6.45) is 7.32. The molecule has 0 spiro atoms. The largest absolute Gasteiger partial charge is 0.373 e. The Hall–Kier alpha value is -0.120. The van der Waals surface area contributed by atoms with E-state index in [1.54, 1.807) is 6.20 Å². The maximum absolute atomic E-state index is 5.71. The highest BCUT2D eigenvalue weighted by atomic mass is 35.5. The molecule has 0 amide bonds. The second-order valence-corrected chi connectivity index (χ2v) is 4.99. The third-order valence-electron chi connectivity index (χ3n) is 2.29. The molecule has 1 aliphatic carbocycles. The van der Waals surface area contributed by atoms with Gasteiger partial charge >= 0.3 is 0 Å². The van der Waals surface area contributed by atoms with Gasteiger partial charge in [-0.25, -0.2) is 4.98 Å². The zero-order chi connectivity index (χ0) is 9.10. The Morgan fingerprint density at radius 1 is 1.54 bits per heavy atom. The summed E-state index contributed by atoms with van der Waals surface area (Å²) in [5.41, 5.74) is 0. The molecule has 2 nitrogen and oxygen atoms in total. The van der Waals surface area contributed by atoms with Crippen LogP contribution in [0.15, 0.2) is 6.20 Å². The van der Waals surface area contributed by atoms with Crippen molar-refractivity contribution in [1.29, 1.82) is 0 Å². The summed E-state index contributed by atoms with van der Waals surface area (Å²) in [5, 5.41) is 0. The van der Waals surface area contributed by atoms with Crippen molar-refractivity contribution in [3.05, 3.63) is 15.5 Å². The van der Waals surface area contributed by atoms with E-state index in [1.807, 2.05) is 0 Å². The second kappa shape index (κ2) is 4.40. The Balaban J connectivity index is 1.78. The number of hydrogen-bond acceptors (Lipinski definition) is 3. The molecule has 1 saturated carbocycles. The first-order chi connectivity index (χ1) is 6.34. The molecule has 0 bridgehead atoms. The fourth-order valence-corrected chi connectivity index (χ4v) is 2.51. The van der Waals surface area contributed by atoms with Gasteiger partial charge in [0.1, 0.15) is 0 Å². The number of ether oxygens (including phenoxy) is 1. The van der Waals surface area contributed by atoms with Crippen LogP contribution in [0.4, 0.5) is 0 Å². The standard InChI is InChI=1S/C9H12ClNOS/c10-9-11-5-8(13-9)6-12-7-3-1-2-4-7/h5,7H,1-4,6H2. The van der Waals surface area contributed by atoms with Gasteiger partial charge in [0, 0.05) is 6.20 Å². The molecule has 0 aliphatic heterocycles. The lowest BCUT2D eigenvalue weighted by atomic mass is 10.3. The summed E-state index contributed by atoms with van der Waals surface area (Å²) >= 11 is 7.21. The minimum atomic E-state index is 0.473. The molecule has 0 N–H and O–H groups in total. The summed E-state index contributed by atoms with van der Waals surface area (Å²) in [4.78, 5) is 5.09. The average molecular weight is 218 g/mol. The first-order valence-electron chi connectivity index (χ1n) is 4.56. The number of hydrogen-bond donors (Lipinski definition) is 0. The van der Waals surface area contributed by atoms with Gasteiger partial charge in [0.2, 0.25) is 0 Å². The summed E-state index contributed by atoms with van der Waals surface area (Å²) < 4.78 is 6.32. The third kappa shape index (κ3) is 2.66. The maximum atomic E-state index is 5.71. The monoisotopic (exact) mass is 217 g/mol. The molecule has 0 saturated heterocycles. The molecule has 1 fully saturated rings. The van der Waals surface area contributed by atoms with Crippen LogP contribution in [-0.4, -0.2) is 11.1 Å². The van der Waals surface area contributed by atoms with Crippen molar-refractivity contribution in [2.75, 3.05) is 0 Å². The van der Waals surface area contributed by atoms with E-state index < -0.39 is 0 Å². The molecule has 1 aromatic rings. The zero-order valence-electron chi connectivity index (χ0n) is 7.33. The number of thiazole rings is 1. The van der Waals surface area contributed by atoms with E-state index in [4.69, 9.17) is 16.3 Å². The van der Waals surface area contributed by atoms with Crippen LogP contribution < -0.4 is 0 Å². The predicted molar refractivity (Wildman–Crippen MR) is 54.2 cm³/mol. The van der Waals surface area contributed by atoms with Gasteiger partial charge in [0.25, 0.3) is 0 Å². The zero-order valence-corrected chi connectivity index (χ0v) is 8.90. The van der Waals surface area contributed by atoms with E-state index >= 15 is 0 Å². The molecular weight excluding hydrogens is 206 g/mol. The van der Waals surface area contributed by atoms with Gasteiger partial charge in [-0.1, -0.05) is 24.4 Å². The molecule has 0 aromatic carbocycles. The van der Waals surface area contributed by atoms with Gasteiger partial charge in [-0.05, 0) is 12.8 Å². The number of halogens is 1. The average Bonchev–Trinajstić information content (AvgIpc) is 2.71. The van der Waals surface area contributed by atoms with Crippen LogP contribution in [0.25, 0.3) is 0 Å². The third-order valence-corrected chi connectivity index (χ3v) is 3.38. The van der Waals surface area contributed by atoms with E-state index in [0.717, 1.165) is 4.88 Å². The van der Waals surface area contributed by atoms with Gasteiger partial charge in [-0.3, -0.25) is 0 Å². The Labute approximate surface area is 86.9 Å². The molecule has 4 heteroatoms. The van der Waals surface area contributed by atoms with E-state index in [9.17, 15) is 0 Å². The lowest BCUT2D eigenvalue weighted by molar-refractivity contribution is 0.0472. The molecule has 0 radical (unpaired) electrons. The number of nitrogens with zero attached hydrogens (tertiary/aromatic N) is 1. The van der Waals surface area contributed by atoms with Crippen LogP contribution in [-0.2, 0) is 11.3 Å². The quantitative estimate of drug-likeness (QED) is 0.776. The van der Waals surface area contributed by atoms with Gasteiger partial charge in [0.15, 0.2) is 4.47 Å². The van der Waals surface area contributed by atoms with E-state index in [2.05, 4.69) is 4.98 Å². The lowest BCUT2D eigenvalue weighted by Gasteiger charge is -2.08. The Kier molecular flexibility index (Phi) is 3.19. The predicted octanol–water partition coefficient (Wildman–Crippen LogP) is 3.26. The van der Waals surface area contributed by atoms with Gasteiger partial charge in [-0.2, -0.15) is 0 Å². The van der Waals surface area contributed by atoms with Crippen molar-refractivity contribution in [3.8, 4) is 0 Å². The smallest absolute Gasteiger partial charge is 0.183 e. The van der Waals surface area contributed by atoms with Crippen molar-refractivity contribution in [2.45, 2.75) is 38.4 Å². The summed E-state index contributed by atoms with van der Waals surface area (Å²) in [6, 6.07) is 0. The topological polar surface area (TPSA) is 22.1 Å². The maximum Gasteiger partial charge on any atom is 0.183 e. The van der Waals surface area contributed by atoms with E-state index in [0.29, 0.717) is 17.2 Å². The molecular formula is C9H12ClNOS. The van der Waals surface area contributed by atoms with Crippen molar-refractivity contribution in [3.63, 3.8) is 0 Å². The van der Waals surface area contributed by atoms with Gasteiger partial charge in [-0.15, -0.1) is 11.3 Å². The fraction of sp³-hybridized carbons (Fsp3) is 0.667. The molecule has 2 rings (SSSR count). The summed E-state index contributed by atoms with van der Waals surface area (Å²) in [5.74, 6) is 0. The number of aromatic nitrogens is 1. The molecule has 0 atom stereocenters. The minimum absolute atomic E-state index is 0.473. The highest BCUT2D eigenvalue weighted by Crippen LogP contribution is 2.24. The minimum Gasteiger partial charge on any atom is -0.373 e. The Bertz CT molecular complexity index is 270. The first-order valence-corrected chi connectivity index (χ1v) is 5.76. The van der Waals surface area contributed by atoms with Gasteiger partial charge < -0.3 is 4.74 Å². The van der Waals surface area contributed by atoms with E-state index in [1.165, 1.54) is 37.0 Å². The number of rotatable bonds is 3. The van der Waals surface area contributed by atoms with Crippen LogP contribution >= 0.6 is 22.9 Å². The van der Waals surface area contributed by atoms with Crippen molar-refractivity contribution < 1.29 is 4.74 Å². The van der Waals surface area contributed by atoms with Crippen LogP contribution in [0, 0.1) is 0 Å². The van der Waals surface area contributed by atoms with Crippen LogP contribution in [0.5, 0.6) is 0 Å². The Morgan fingerprint density at radius 3 is 2.92 bits per heavy atom. The molecule has 0 unspecified atom stereocenters. The Morgan fingerprint density at radius 2 is 2.31 bits per heavy atom. The van der Waals surface area contributed by atoms with Crippen molar-refractivity contribution in [2.24, 2.45) is 0 Å². The molecule has 1 aromatic heterocycles. The van der Waals surface area contributed by atoms with Crippen molar-refractivity contribution >= 4 is 22.9 Å². The molecule has 13 heavy (non-hydrogen) atoms. The van der Waals surface area contributed by atoms with Crippen LogP contribution in [0.3, 0.4) is 0 Å². The van der Waals surface area contributed by atoms with Gasteiger partial charge in [0.05, 0.1) is 17.6 Å². The molecule has 72 valence electrons. The SMILES string of the molecule is Clc1ncc(COC2CCCC2)s1. The molecule has 1 aliphatic rings. The first kappa shape index (κ1) is 9.44. The fourth-order valence-electron chi connectivity index (χ4n) is 1.61. The summed E-state index contributed by atoms with van der Waals surface area (Å²) in [7, 11) is 0. The highest BCUT2D eigenvalue weighted by Gasteiger charge is 2.15. The summed E-state index contributed by atoms with van der Waals surface area (Å²) in [6.45, 7) is 0.676. The normalized spacial score (nSPS) is 18.2. The second-order valence-electron chi connectivity index (χ2n) is 3.30. The van der Waals surface area contributed by atoms with Crippen LogP contribution in [0.2, 0.25) is 4.47 Å².